The summed E-state index contributed by atoms with van der Waals surface area (Å²) in [5, 5.41) is 10.7. The Hall–Kier alpha value is -1.49. The lowest BCUT2D eigenvalue weighted by Gasteiger charge is -2.14. The van der Waals surface area contributed by atoms with Gasteiger partial charge >= 0.3 is 0 Å². The molecule has 0 saturated carbocycles. The largest absolute Gasteiger partial charge is 0.324 e. The zero-order valence-electron chi connectivity index (χ0n) is 9.31. The van der Waals surface area contributed by atoms with E-state index in [4.69, 9.17) is 5.73 Å². The molecule has 0 aliphatic rings. The molecule has 0 aromatic heterocycles. The summed E-state index contributed by atoms with van der Waals surface area (Å²) < 4.78 is 12.9. The Morgan fingerprint density at radius 2 is 2.12 bits per heavy atom. The van der Waals surface area contributed by atoms with E-state index < -0.39 is 16.8 Å². The minimum absolute atomic E-state index is 0.242. The van der Waals surface area contributed by atoms with Gasteiger partial charge in [-0.05, 0) is 24.5 Å². The molecule has 0 saturated heterocycles. The second-order valence-electron chi connectivity index (χ2n) is 4.20. The van der Waals surface area contributed by atoms with Gasteiger partial charge in [-0.2, -0.15) is 0 Å². The third-order valence-electron chi connectivity index (χ3n) is 2.31. The number of nitro groups is 1. The third kappa shape index (κ3) is 3.00. The predicted molar refractivity (Wildman–Crippen MR) is 59.4 cm³/mol. The van der Waals surface area contributed by atoms with Gasteiger partial charge in [-0.1, -0.05) is 13.8 Å². The van der Waals surface area contributed by atoms with Crippen LogP contribution in [0, 0.1) is 21.8 Å². The van der Waals surface area contributed by atoms with Crippen molar-refractivity contribution in [3.8, 4) is 0 Å². The number of hydrogen-bond donors (Lipinski definition) is 1. The van der Waals surface area contributed by atoms with Crippen LogP contribution in [0.2, 0.25) is 0 Å². The number of nitrogens with zero attached hydrogens (tertiary/aromatic N) is 1. The summed E-state index contributed by atoms with van der Waals surface area (Å²) in [6.45, 7) is 3.96. The summed E-state index contributed by atoms with van der Waals surface area (Å²) in [4.78, 5) is 10.1. The molecule has 0 radical (unpaired) electrons. The highest BCUT2D eigenvalue weighted by atomic mass is 19.1. The van der Waals surface area contributed by atoms with Crippen molar-refractivity contribution in [1.82, 2.24) is 0 Å². The average Bonchev–Trinajstić information content (AvgIpc) is 2.16. The molecule has 0 aliphatic heterocycles. The van der Waals surface area contributed by atoms with Gasteiger partial charge in [-0.3, -0.25) is 10.1 Å². The van der Waals surface area contributed by atoms with Crippen LogP contribution >= 0.6 is 0 Å². The first-order valence-corrected chi connectivity index (χ1v) is 5.11. The van der Waals surface area contributed by atoms with Crippen LogP contribution in [0.25, 0.3) is 0 Å². The molecule has 16 heavy (non-hydrogen) atoms. The first kappa shape index (κ1) is 12.6. The maximum absolute atomic E-state index is 12.9. The van der Waals surface area contributed by atoms with Gasteiger partial charge in [0.25, 0.3) is 5.69 Å². The van der Waals surface area contributed by atoms with Crippen LogP contribution in [-0.2, 0) is 0 Å². The lowest BCUT2D eigenvalue weighted by atomic mass is 9.96. The monoisotopic (exact) mass is 226 g/mol. The van der Waals surface area contributed by atoms with Gasteiger partial charge in [-0.25, -0.2) is 4.39 Å². The molecule has 5 heteroatoms. The summed E-state index contributed by atoms with van der Waals surface area (Å²) in [6.07, 6.45) is 0.631. The molecule has 0 amide bonds. The molecular formula is C11H15FN2O2. The predicted octanol–water partition coefficient (Wildman–Crippen LogP) is 2.78. The third-order valence-corrected chi connectivity index (χ3v) is 2.31. The van der Waals surface area contributed by atoms with Crippen LogP contribution in [-0.4, -0.2) is 4.92 Å². The first-order valence-electron chi connectivity index (χ1n) is 5.11. The molecule has 2 N–H and O–H groups in total. The van der Waals surface area contributed by atoms with E-state index in [1.54, 1.807) is 0 Å². The van der Waals surface area contributed by atoms with Gasteiger partial charge in [-0.15, -0.1) is 0 Å². The van der Waals surface area contributed by atoms with Gasteiger partial charge in [0.05, 0.1) is 11.0 Å². The van der Waals surface area contributed by atoms with Crippen molar-refractivity contribution in [3.63, 3.8) is 0 Å². The van der Waals surface area contributed by atoms with E-state index in [1.807, 2.05) is 13.8 Å². The molecule has 88 valence electrons. The van der Waals surface area contributed by atoms with Crippen molar-refractivity contribution in [1.29, 1.82) is 0 Å². The molecule has 0 aliphatic carbocycles. The Balaban J connectivity index is 3.07. The van der Waals surface area contributed by atoms with Crippen molar-refractivity contribution < 1.29 is 9.31 Å². The molecule has 0 unspecified atom stereocenters. The summed E-state index contributed by atoms with van der Waals surface area (Å²) in [7, 11) is 0. The Bertz CT molecular complexity index is 394. The Kier molecular flexibility index (Phi) is 3.95. The fourth-order valence-corrected chi connectivity index (χ4v) is 1.62. The zero-order chi connectivity index (χ0) is 12.3. The SMILES string of the molecule is CC(C)C[C@H](N)c1ccc(F)cc1[N+](=O)[O-]. The molecule has 0 bridgehead atoms. The van der Waals surface area contributed by atoms with Gasteiger partial charge in [0, 0.05) is 11.6 Å². The second-order valence-corrected chi connectivity index (χ2v) is 4.20. The molecular weight excluding hydrogens is 211 g/mol. The molecule has 1 rings (SSSR count). The number of nitro benzene ring substituents is 1. The quantitative estimate of drug-likeness (QED) is 0.634. The highest BCUT2D eigenvalue weighted by Crippen LogP contribution is 2.28. The van der Waals surface area contributed by atoms with E-state index in [0.717, 1.165) is 6.07 Å². The molecule has 0 heterocycles. The van der Waals surface area contributed by atoms with E-state index in [2.05, 4.69) is 0 Å². The zero-order valence-corrected chi connectivity index (χ0v) is 9.31. The number of hydrogen-bond acceptors (Lipinski definition) is 3. The average molecular weight is 226 g/mol. The number of benzene rings is 1. The van der Waals surface area contributed by atoms with E-state index >= 15 is 0 Å². The van der Waals surface area contributed by atoms with Gasteiger partial charge in [0.1, 0.15) is 5.82 Å². The highest BCUT2D eigenvalue weighted by molar-refractivity contribution is 5.42. The topological polar surface area (TPSA) is 69.2 Å². The van der Waals surface area contributed by atoms with Gasteiger partial charge in [0.2, 0.25) is 0 Å². The van der Waals surface area contributed by atoms with Crippen LogP contribution in [0.3, 0.4) is 0 Å². The van der Waals surface area contributed by atoms with Crippen molar-refractivity contribution in [3.05, 3.63) is 39.7 Å². The summed E-state index contributed by atoms with van der Waals surface area (Å²) in [5.74, 6) is -0.285. The number of halogens is 1. The summed E-state index contributed by atoms with van der Waals surface area (Å²) in [5.41, 5.74) is 6.00. The Morgan fingerprint density at radius 1 is 1.50 bits per heavy atom. The van der Waals surface area contributed by atoms with Crippen molar-refractivity contribution >= 4 is 5.69 Å². The molecule has 1 aromatic rings. The smallest absolute Gasteiger partial charge is 0.277 e. The van der Waals surface area contributed by atoms with E-state index in [0.29, 0.717) is 17.9 Å². The van der Waals surface area contributed by atoms with E-state index in [-0.39, 0.29) is 5.69 Å². The lowest BCUT2D eigenvalue weighted by Crippen LogP contribution is -2.14. The molecule has 0 spiro atoms. The van der Waals surface area contributed by atoms with Gasteiger partial charge < -0.3 is 5.73 Å². The minimum Gasteiger partial charge on any atom is -0.324 e. The van der Waals surface area contributed by atoms with Crippen molar-refractivity contribution in [2.75, 3.05) is 0 Å². The van der Waals surface area contributed by atoms with Crippen molar-refractivity contribution in [2.24, 2.45) is 11.7 Å². The molecule has 1 aromatic carbocycles. The number of rotatable bonds is 4. The van der Waals surface area contributed by atoms with Crippen molar-refractivity contribution in [2.45, 2.75) is 26.3 Å². The van der Waals surface area contributed by atoms with Gasteiger partial charge in [0.15, 0.2) is 0 Å². The lowest BCUT2D eigenvalue weighted by molar-refractivity contribution is -0.385. The summed E-state index contributed by atoms with van der Waals surface area (Å²) >= 11 is 0. The van der Waals surface area contributed by atoms with Crippen LogP contribution in [0.5, 0.6) is 0 Å². The first-order chi connectivity index (χ1) is 7.41. The summed E-state index contributed by atoms with van der Waals surface area (Å²) in [6, 6.07) is 3.07. The second kappa shape index (κ2) is 5.03. The standard InChI is InChI=1S/C11H15FN2O2/c1-7(2)5-10(13)9-4-3-8(12)6-11(9)14(15)16/h3-4,6-7,10H,5,13H2,1-2H3/t10-/m0/s1. The van der Waals surface area contributed by atoms with Crippen LogP contribution < -0.4 is 5.73 Å². The normalized spacial score (nSPS) is 12.8. The Morgan fingerprint density at radius 3 is 2.62 bits per heavy atom. The number of nitrogens with two attached hydrogens (primary N) is 1. The fourth-order valence-electron chi connectivity index (χ4n) is 1.62. The van der Waals surface area contributed by atoms with Crippen LogP contribution in [0.1, 0.15) is 31.9 Å². The maximum atomic E-state index is 12.9. The van der Waals surface area contributed by atoms with E-state index in [1.165, 1.54) is 12.1 Å². The van der Waals surface area contributed by atoms with E-state index in [9.17, 15) is 14.5 Å². The minimum atomic E-state index is -0.618. The molecule has 0 fully saturated rings. The Labute approximate surface area is 93.4 Å². The fraction of sp³-hybridized carbons (Fsp3) is 0.455. The maximum Gasteiger partial charge on any atom is 0.277 e. The van der Waals surface area contributed by atoms with Crippen LogP contribution in [0.4, 0.5) is 10.1 Å². The highest BCUT2D eigenvalue weighted by Gasteiger charge is 2.20. The molecule has 1 atom stereocenters. The molecule has 4 nitrogen and oxygen atoms in total. The van der Waals surface area contributed by atoms with Crippen LogP contribution in [0.15, 0.2) is 18.2 Å².